The zero-order valence-electron chi connectivity index (χ0n) is 17.8. The molecule has 2 saturated carbocycles. The summed E-state index contributed by atoms with van der Waals surface area (Å²) >= 11 is 0. The van der Waals surface area contributed by atoms with Gasteiger partial charge in [-0.2, -0.15) is 0 Å². The summed E-state index contributed by atoms with van der Waals surface area (Å²) in [5.74, 6) is 2.29. The van der Waals surface area contributed by atoms with Crippen molar-refractivity contribution < 1.29 is 9.90 Å². The molecule has 0 aromatic carbocycles. The normalized spacial score (nSPS) is 29.9. The van der Waals surface area contributed by atoms with Crippen molar-refractivity contribution >= 4 is 5.97 Å². The molecule has 2 aliphatic carbocycles. The Balaban J connectivity index is 1.77. The Hall–Kier alpha value is -1.05. The van der Waals surface area contributed by atoms with Crippen LogP contribution in [0.2, 0.25) is 0 Å². The molecule has 2 nitrogen and oxygen atoms in total. The molecule has 1 N–H and O–H groups in total. The maximum Gasteiger partial charge on any atom is 0.331 e. The topological polar surface area (TPSA) is 37.3 Å². The fraction of sp³-hybridized carbons (Fsp3) is 0.800. The van der Waals surface area contributed by atoms with Crippen LogP contribution in [0.5, 0.6) is 0 Å². The average molecular weight is 375 g/mol. The summed E-state index contributed by atoms with van der Waals surface area (Å²) < 4.78 is 0. The van der Waals surface area contributed by atoms with Crippen LogP contribution in [0.3, 0.4) is 0 Å². The van der Waals surface area contributed by atoms with E-state index in [2.05, 4.69) is 19.9 Å². The van der Waals surface area contributed by atoms with Crippen LogP contribution in [0.1, 0.15) is 104 Å². The Morgan fingerprint density at radius 1 is 0.889 bits per heavy atom. The molecule has 0 atom stereocenters. The molecule has 2 fully saturated rings. The molecular weight excluding hydrogens is 332 g/mol. The lowest BCUT2D eigenvalue weighted by atomic mass is 9.68. The van der Waals surface area contributed by atoms with Crippen LogP contribution in [-0.4, -0.2) is 11.1 Å². The van der Waals surface area contributed by atoms with Crippen molar-refractivity contribution in [3.05, 3.63) is 23.8 Å². The smallest absolute Gasteiger partial charge is 0.331 e. The molecule has 0 unspecified atom stereocenters. The number of aliphatic carboxylic acids is 1. The highest BCUT2D eigenvalue weighted by atomic mass is 16.4. The van der Waals surface area contributed by atoms with Gasteiger partial charge in [0, 0.05) is 5.57 Å². The molecule has 0 spiro atoms. The van der Waals surface area contributed by atoms with Gasteiger partial charge in [-0.25, -0.2) is 4.79 Å². The maximum atomic E-state index is 11.7. The largest absolute Gasteiger partial charge is 0.478 e. The second-order valence-corrected chi connectivity index (χ2v) is 9.03. The summed E-state index contributed by atoms with van der Waals surface area (Å²) in [6.07, 6.45) is 24.0. The molecule has 0 radical (unpaired) electrons. The van der Waals surface area contributed by atoms with Crippen molar-refractivity contribution in [1.29, 1.82) is 0 Å². The van der Waals surface area contributed by atoms with E-state index in [0.717, 1.165) is 43.4 Å². The van der Waals surface area contributed by atoms with Gasteiger partial charge in [-0.1, -0.05) is 77.0 Å². The molecule has 27 heavy (non-hydrogen) atoms. The third kappa shape index (κ3) is 7.47. The predicted octanol–water partition coefficient (Wildman–Crippen LogP) is 7.55. The van der Waals surface area contributed by atoms with E-state index in [1.165, 1.54) is 64.2 Å². The Bertz CT molecular complexity index is 475. The highest BCUT2D eigenvalue weighted by Gasteiger charge is 2.32. The monoisotopic (exact) mass is 374 g/mol. The molecule has 2 rings (SSSR count). The van der Waals surface area contributed by atoms with E-state index in [0.29, 0.717) is 5.57 Å². The Kier molecular flexibility index (Phi) is 10.2. The molecule has 2 aliphatic rings. The van der Waals surface area contributed by atoms with E-state index < -0.39 is 5.97 Å². The zero-order valence-corrected chi connectivity index (χ0v) is 17.8. The number of hydrogen-bond donors (Lipinski definition) is 1. The van der Waals surface area contributed by atoms with Crippen LogP contribution in [-0.2, 0) is 4.79 Å². The summed E-state index contributed by atoms with van der Waals surface area (Å²) in [5, 5.41) is 9.61. The van der Waals surface area contributed by atoms with Gasteiger partial charge in [-0.3, -0.25) is 0 Å². The zero-order chi connectivity index (χ0) is 19.5. The van der Waals surface area contributed by atoms with Crippen molar-refractivity contribution in [2.24, 2.45) is 23.7 Å². The molecule has 0 saturated heterocycles. The van der Waals surface area contributed by atoms with Crippen LogP contribution >= 0.6 is 0 Å². The predicted molar refractivity (Wildman–Crippen MR) is 115 cm³/mol. The minimum Gasteiger partial charge on any atom is -0.478 e. The highest BCUT2D eigenvalue weighted by molar-refractivity contribution is 5.87. The van der Waals surface area contributed by atoms with Crippen LogP contribution in [0, 0.1) is 23.7 Å². The first-order valence-electron chi connectivity index (χ1n) is 11.8. The molecule has 0 heterocycles. The van der Waals surface area contributed by atoms with E-state index in [9.17, 15) is 9.90 Å². The number of carboxylic acid groups (broad SMARTS) is 1. The quantitative estimate of drug-likeness (QED) is 0.243. The summed E-state index contributed by atoms with van der Waals surface area (Å²) in [5.41, 5.74) is 0.639. The number of rotatable bonds is 10. The minimum absolute atomic E-state index is 0.260. The van der Waals surface area contributed by atoms with Gasteiger partial charge in [0.1, 0.15) is 0 Å². The van der Waals surface area contributed by atoms with E-state index in [1.807, 2.05) is 12.2 Å². The van der Waals surface area contributed by atoms with Crippen LogP contribution in [0.4, 0.5) is 0 Å². The molecule has 2 heteroatoms. The van der Waals surface area contributed by atoms with Gasteiger partial charge in [0.25, 0.3) is 0 Å². The molecular formula is C25H42O2. The first-order valence-corrected chi connectivity index (χ1v) is 11.8. The third-order valence-electron chi connectivity index (χ3n) is 7.10. The van der Waals surface area contributed by atoms with E-state index >= 15 is 0 Å². The number of unbranched alkanes of at least 4 members (excludes halogenated alkanes) is 3. The number of carbonyl (C=O) groups is 1. The second-order valence-electron chi connectivity index (χ2n) is 9.03. The molecule has 0 aliphatic heterocycles. The van der Waals surface area contributed by atoms with E-state index in [-0.39, 0.29) is 5.92 Å². The average Bonchev–Trinajstić information content (AvgIpc) is 2.69. The summed E-state index contributed by atoms with van der Waals surface area (Å²) in [7, 11) is 0. The van der Waals surface area contributed by atoms with Crippen LogP contribution in [0.25, 0.3) is 0 Å². The van der Waals surface area contributed by atoms with E-state index in [4.69, 9.17) is 0 Å². The van der Waals surface area contributed by atoms with Gasteiger partial charge in [0.15, 0.2) is 0 Å². The highest BCUT2D eigenvalue weighted by Crippen LogP contribution is 2.43. The summed E-state index contributed by atoms with van der Waals surface area (Å²) in [6.45, 7) is 4.44. The Labute approximate surface area is 167 Å². The Morgan fingerprint density at radius 3 is 2.07 bits per heavy atom. The van der Waals surface area contributed by atoms with Crippen molar-refractivity contribution in [1.82, 2.24) is 0 Å². The van der Waals surface area contributed by atoms with Crippen molar-refractivity contribution in [3.63, 3.8) is 0 Å². The van der Waals surface area contributed by atoms with Gasteiger partial charge in [0.2, 0.25) is 0 Å². The van der Waals surface area contributed by atoms with Gasteiger partial charge < -0.3 is 5.11 Å². The number of allylic oxidation sites excluding steroid dienone is 3. The van der Waals surface area contributed by atoms with Gasteiger partial charge in [-0.15, -0.1) is 0 Å². The Morgan fingerprint density at radius 2 is 1.52 bits per heavy atom. The summed E-state index contributed by atoms with van der Waals surface area (Å²) in [4.78, 5) is 11.7. The fourth-order valence-electron chi connectivity index (χ4n) is 5.35. The number of carboxylic acids is 1. The van der Waals surface area contributed by atoms with Crippen molar-refractivity contribution in [2.45, 2.75) is 104 Å². The fourth-order valence-corrected chi connectivity index (χ4v) is 5.35. The lowest BCUT2D eigenvalue weighted by molar-refractivity contribution is -0.133. The first-order chi connectivity index (χ1) is 13.2. The molecule has 0 aromatic heterocycles. The van der Waals surface area contributed by atoms with Crippen LogP contribution in [0.15, 0.2) is 23.8 Å². The lowest BCUT2D eigenvalue weighted by Crippen LogP contribution is -2.27. The second kappa shape index (κ2) is 12.4. The van der Waals surface area contributed by atoms with E-state index in [1.54, 1.807) is 0 Å². The van der Waals surface area contributed by atoms with Gasteiger partial charge >= 0.3 is 5.97 Å². The van der Waals surface area contributed by atoms with Gasteiger partial charge in [-0.05, 0) is 68.6 Å². The molecule has 0 amide bonds. The van der Waals surface area contributed by atoms with Crippen LogP contribution < -0.4 is 0 Å². The SMILES string of the molecule is CCC/C=C/C=C(/C(=O)O)C1CCC(C2CCC(CCCCC)CC2)CC1. The summed E-state index contributed by atoms with van der Waals surface area (Å²) in [6, 6.07) is 0. The molecule has 0 aromatic rings. The van der Waals surface area contributed by atoms with Crippen molar-refractivity contribution in [3.8, 4) is 0 Å². The first kappa shape index (κ1) is 22.2. The minimum atomic E-state index is -0.716. The standard InChI is InChI=1S/C25H42O2/c1-3-5-7-9-11-24(25(26)27)23-18-16-22(17-19-23)21-14-12-20(13-15-21)10-8-6-4-2/h7,9,11,20-23H,3-6,8,10,12-19H2,1-2H3,(H,26,27)/b9-7+,24-11+. The molecule has 0 bridgehead atoms. The third-order valence-corrected chi connectivity index (χ3v) is 7.10. The van der Waals surface area contributed by atoms with Crippen molar-refractivity contribution in [2.75, 3.05) is 0 Å². The lowest BCUT2D eigenvalue weighted by Gasteiger charge is -2.38. The van der Waals surface area contributed by atoms with Gasteiger partial charge in [0.05, 0.1) is 0 Å². The maximum absolute atomic E-state index is 11.7. The molecule has 154 valence electrons. The number of hydrogen-bond acceptors (Lipinski definition) is 1.